The van der Waals surface area contributed by atoms with Gasteiger partial charge >= 0.3 is 0 Å². The first-order valence-electron chi connectivity index (χ1n) is 5.82. The van der Waals surface area contributed by atoms with Crippen LogP contribution >= 0.6 is 0 Å². The highest BCUT2D eigenvalue weighted by atomic mass is 16.3. The number of aliphatic hydroxyl groups is 1. The van der Waals surface area contributed by atoms with Gasteiger partial charge in [0.15, 0.2) is 0 Å². The predicted molar refractivity (Wildman–Crippen MR) is 67.0 cm³/mol. The van der Waals surface area contributed by atoms with E-state index in [1.807, 2.05) is 36.1 Å². The Hall–Kier alpha value is -1.55. The summed E-state index contributed by atoms with van der Waals surface area (Å²) in [6.45, 7) is 3.35. The minimum Gasteiger partial charge on any atom is -0.394 e. The summed E-state index contributed by atoms with van der Waals surface area (Å²) in [6, 6.07) is 7.59. The van der Waals surface area contributed by atoms with Crippen molar-refractivity contribution in [3.63, 3.8) is 0 Å². The lowest BCUT2D eigenvalue weighted by molar-refractivity contribution is -0.133. The van der Waals surface area contributed by atoms with E-state index in [0.717, 1.165) is 12.2 Å². The van der Waals surface area contributed by atoms with Crippen LogP contribution in [0.4, 0.5) is 5.69 Å². The number of aryl methyl sites for hydroxylation is 1. The van der Waals surface area contributed by atoms with Gasteiger partial charge in [-0.05, 0) is 19.1 Å². The summed E-state index contributed by atoms with van der Waals surface area (Å²) in [5.74, 6) is -0.0145. The van der Waals surface area contributed by atoms with Crippen molar-refractivity contribution in [2.24, 2.45) is 0 Å². The van der Waals surface area contributed by atoms with Crippen molar-refractivity contribution in [2.45, 2.75) is 13.0 Å². The largest absolute Gasteiger partial charge is 0.394 e. The van der Waals surface area contributed by atoms with Gasteiger partial charge in [-0.15, -0.1) is 0 Å². The summed E-state index contributed by atoms with van der Waals surface area (Å²) >= 11 is 0. The molecule has 1 amide bonds. The topological polar surface area (TPSA) is 43.8 Å². The third-order valence-corrected chi connectivity index (χ3v) is 3.25. The Bertz CT molecular complexity index is 402. The number of carbonyl (C=O) groups excluding carboxylic acids is 1. The van der Waals surface area contributed by atoms with Crippen LogP contribution in [-0.4, -0.2) is 48.7 Å². The van der Waals surface area contributed by atoms with E-state index in [0.29, 0.717) is 6.54 Å². The van der Waals surface area contributed by atoms with Gasteiger partial charge in [0.05, 0.1) is 6.61 Å². The average Bonchev–Trinajstić information content (AvgIpc) is 2.34. The molecule has 1 saturated heterocycles. The molecule has 1 aromatic carbocycles. The number of hydrogen-bond donors (Lipinski definition) is 1. The second-order valence-corrected chi connectivity index (χ2v) is 4.49. The van der Waals surface area contributed by atoms with Crippen LogP contribution in [0.2, 0.25) is 0 Å². The van der Waals surface area contributed by atoms with Gasteiger partial charge in [0, 0.05) is 25.8 Å². The number of nitrogens with zero attached hydrogens (tertiary/aromatic N) is 2. The maximum atomic E-state index is 11.9. The van der Waals surface area contributed by atoms with Crippen molar-refractivity contribution in [1.82, 2.24) is 4.90 Å². The minimum atomic E-state index is -0.448. The molecule has 1 aromatic rings. The van der Waals surface area contributed by atoms with Gasteiger partial charge in [-0.25, -0.2) is 0 Å². The van der Waals surface area contributed by atoms with Crippen molar-refractivity contribution in [2.75, 3.05) is 31.6 Å². The van der Waals surface area contributed by atoms with E-state index in [9.17, 15) is 9.90 Å². The summed E-state index contributed by atoms with van der Waals surface area (Å²) in [4.78, 5) is 15.6. The molecule has 4 heteroatoms. The molecule has 0 aromatic heterocycles. The van der Waals surface area contributed by atoms with E-state index in [1.54, 1.807) is 11.9 Å². The van der Waals surface area contributed by atoms with E-state index in [2.05, 4.69) is 0 Å². The second-order valence-electron chi connectivity index (χ2n) is 4.49. The molecule has 4 nitrogen and oxygen atoms in total. The summed E-state index contributed by atoms with van der Waals surface area (Å²) in [5, 5.41) is 9.38. The monoisotopic (exact) mass is 234 g/mol. The molecule has 0 saturated carbocycles. The molecule has 1 heterocycles. The molecule has 0 radical (unpaired) electrons. The van der Waals surface area contributed by atoms with Gasteiger partial charge in [-0.3, -0.25) is 4.79 Å². The highest BCUT2D eigenvalue weighted by Crippen LogP contribution is 2.21. The Kier molecular flexibility index (Phi) is 3.33. The Morgan fingerprint density at radius 3 is 2.53 bits per heavy atom. The standard InChI is InChI=1S/C13H18N2O2/c1-10-3-5-11(6-4-10)15-8-7-14(2)13(17)12(15)9-16/h3-6,12,16H,7-9H2,1-2H3. The summed E-state index contributed by atoms with van der Waals surface area (Å²) in [5.41, 5.74) is 2.19. The number of rotatable bonds is 2. The number of carbonyl (C=O) groups is 1. The van der Waals surface area contributed by atoms with Crippen LogP contribution in [0.5, 0.6) is 0 Å². The maximum Gasteiger partial charge on any atom is 0.247 e. The maximum absolute atomic E-state index is 11.9. The van der Waals surface area contributed by atoms with Gasteiger partial charge in [-0.1, -0.05) is 17.7 Å². The molecule has 92 valence electrons. The molecular weight excluding hydrogens is 216 g/mol. The molecule has 0 spiro atoms. The average molecular weight is 234 g/mol. The Labute approximate surface area is 101 Å². The quantitative estimate of drug-likeness (QED) is 0.816. The van der Waals surface area contributed by atoms with Gasteiger partial charge in [-0.2, -0.15) is 0 Å². The van der Waals surface area contributed by atoms with Crippen molar-refractivity contribution in [3.8, 4) is 0 Å². The fraction of sp³-hybridized carbons (Fsp3) is 0.462. The number of benzene rings is 1. The van der Waals surface area contributed by atoms with Crippen LogP contribution in [-0.2, 0) is 4.79 Å². The lowest BCUT2D eigenvalue weighted by Gasteiger charge is -2.39. The molecule has 0 bridgehead atoms. The molecular formula is C13H18N2O2. The summed E-state index contributed by atoms with van der Waals surface area (Å²) in [6.07, 6.45) is 0. The zero-order valence-electron chi connectivity index (χ0n) is 10.3. The fourth-order valence-electron chi connectivity index (χ4n) is 2.13. The van der Waals surface area contributed by atoms with E-state index in [-0.39, 0.29) is 12.5 Å². The van der Waals surface area contributed by atoms with E-state index in [1.165, 1.54) is 5.56 Å². The zero-order chi connectivity index (χ0) is 12.4. The van der Waals surface area contributed by atoms with Gasteiger partial charge in [0.1, 0.15) is 6.04 Å². The highest BCUT2D eigenvalue weighted by molar-refractivity contribution is 5.86. The smallest absolute Gasteiger partial charge is 0.247 e. The molecule has 2 rings (SSSR count). The Morgan fingerprint density at radius 1 is 1.29 bits per heavy atom. The normalized spacial score (nSPS) is 20.9. The number of hydrogen-bond acceptors (Lipinski definition) is 3. The number of aliphatic hydroxyl groups excluding tert-OH is 1. The van der Waals surface area contributed by atoms with Gasteiger partial charge in [0.25, 0.3) is 0 Å². The lowest BCUT2D eigenvalue weighted by Crippen LogP contribution is -2.57. The first-order valence-corrected chi connectivity index (χ1v) is 5.82. The van der Waals surface area contributed by atoms with Crippen LogP contribution in [0.15, 0.2) is 24.3 Å². The first kappa shape index (κ1) is 11.9. The van der Waals surface area contributed by atoms with Crippen LogP contribution in [0.3, 0.4) is 0 Å². The van der Waals surface area contributed by atoms with Crippen LogP contribution in [0, 0.1) is 6.92 Å². The lowest BCUT2D eigenvalue weighted by atomic mass is 10.1. The highest BCUT2D eigenvalue weighted by Gasteiger charge is 2.32. The fourth-order valence-corrected chi connectivity index (χ4v) is 2.13. The summed E-state index contributed by atoms with van der Waals surface area (Å²) < 4.78 is 0. The van der Waals surface area contributed by atoms with E-state index in [4.69, 9.17) is 0 Å². The molecule has 1 aliphatic heterocycles. The van der Waals surface area contributed by atoms with Crippen molar-refractivity contribution in [1.29, 1.82) is 0 Å². The first-order chi connectivity index (χ1) is 8.13. The van der Waals surface area contributed by atoms with Gasteiger partial charge in [0.2, 0.25) is 5.91 Å². The molecule has 1 unspecified atom stereocenters. The zero-order valence-corrected chi connectivity index (χ0v) is 10.3. The number of piperazine rings is 1. The van der Waals surface area contributed by atoms with Crippen LogP contribution in [0.1, 0.15) is 5.56 Å². The minimum absolute atomic E-state index is 0.0145. The third-order valence-electron chi connectivity index (χ3n) is 3.25. The van der Waals surface area contributed by atoms with Crippen LogP contribution in [0.25, 0.3) is 0 Å². The molecule has 17 heavy (non-hydrogen) atoms. The molecule has 1 N–H and O–H groups in total. The number of likely N-dealkylation sites (N-methyl/N-ethyl adjacent to an activating group) is 1. The van der Waals surface area contributed by atoms with Gasteiger partial charge < -0.3 is 14.9 Å². The second kappa shape index (κ2) is 4.75. The number of amides is 1. The molecule has 1 aliphatic rings. The predicted octanol–water partition coefficient (Wildman–Crippen LogP) is 0.634. The molecule has 1 fully saturated rings. The van der Waals surface area contributed by atoms with Crippen molar-refractivity contribution >= 4 is 11.6 Å². The number of anilines is 1. The van der Waals surface area contributed by atoms with Crippen LogP contribution < -0.4 is 4.90 Å². The molecule has 0 aliphatic carbocycles. The van der Waals surface area contributed by atoms with E-state index >= 15 is 0 Å². The van der Waals surface area contributed by atoms with Crippen molar-refractivity contribution < 1.29 is 9.90 Å². The van der Waals surface area contributed by atoms with E-state index < -0.39 is 6.04 Å². The van der Waals surface area contributed by atoms with Crippen molar-refractivity contribution in [3.05, 3.63) is 29.8 Å². The molecule has 1 atom stereocenters. The third kappa shape index (κ3) is 2.26. The Morgan fingerprint density at radius 2 is 1.94 bits per heavy atom. The SMILES string of the molecule is Cc1ccc(N2CCN(C)C(=O)C2CO)cc1. The Balaban J connectivity index is 2.25. The summed E-state index contributed by atoms with van der Waals surface area (Å²) in [7, 11) is 1.78.